The second kappa shape index (κ2) is 2.18. The largest absolute Gasteiger partial charge is 0.478 e. The molecule has 1 aromatic heterocycles. The van der Waals surface area contributed by atoms with Gasteiger partial charge in [-0.3, -0.25) is 20.7 Å². The lowest BCUT2D eigenvalue weighted by Gasteiger charge is -2.18. The van der Waals surface area contributed by atoms with E-state index in [9.17, 15) is 14.4 Å². The smallest absolute Gasteiger partial charge is 0.345 e. The molecule has 1 rings (SSSR count). The number of carboxylic acid groups (broad SMARTS) is 1. The summed E-state index contributed by atoms with van der Waals surface area (Å²) in [6.07, 6.45) is 0. The topological polar surface area (TPSA) is 114 Å². The molecule has 66 valence electrons. The summed E-state index contributed by atoms with van der Waals surface area (Å²) in [4.78, 5) is 31.1. The van der Waals surface area contributed by atoms with Crippen molar-refractivity contribution in [3.05, 3.63) is 20.7 Å². The number of rotatable bonds is 3. The molecular formula is C5H7N3O4. The number of hydrogen-bond donors (Lipinski definition) is 3. The summed E-state index contributed by atoms with van der Waals surface area (Å²) in [6, 6.07) is 0. The van der Waals surface area contributed by atoms with Crippen LogP contribution in [-0.2, 0) is 4.79 Å². The second-order valence-electron chi connectivity index (χ2n) is 2.57. The molecule has 1 heterocycles. The highest BCUT2D eigenvalue weighted by Crippen LogP contribution is 1.93. The Morgan fingerprint density at radius 2 is 2.00 bits per heavy atom. The molecule has 0 aliphatic rings. The zero-order chi connectivity index (χ0) is 9.52. The maximum Gasteiger partial charge on any atom is 0.345 e. The molecule has 0 unspecified atom stereocenters. The van der Waals surface area contributed by atoms with Gasteiger partial charge in [0.2, 0.25) is 0 Å². The second-order valence-corrected chi connectivity index (χ2v) is 2.57. The van der Waals surface area contributed by atoms with Gasteiger partial charge in [-0.1, -0.05) is 0 Å². The fourth-order valence-electron chi connectivity index (χ4n) is 0.517. The minimum absolute atomic E-state index is 0.550. The predicted molar refractivity (Wildman–Crippen MR) is 38.9 cm³/mol. The Labute approximate surface area is 66.1 Å². The molecule has 0 aliphatic heterocycles. The van der Waals surface area contributed by atoms with Crippen molar-refractivity contribution >= 4 is 5.97 Å². The molecule has 0 spiro atoms. The first-order chi connectivity index (χ1) is 5.36. The lowest BCUT2D eigenvalue weighted by Crippen LogP contribution is -2.55. The van der Waals surface area contributed by atoms with Crippen molar-refractivity contribution in [3.63, 3.8) is 0 Å². The molecule has 1 atom stereocenters. The summed E-state index contributed by atoms with van der Waals surface area (Å²) < 4.78 is 0.550. The quantitative estimate of drug-likeness (QED) is 0.340. The molecule has 0 amide bonds. The SMILES string of the molecule is C[C@@](N)(Nn1c(=O)c1=O)C(=O)O. The third-order valence-electron chi connectivity index (χ3n) is 1.33. The Morgan fingerprint density at radius 3 is 2.25 bits per heavy atom. The summed E-state index contributed by atoms with van der Waals surface area (Å²) in [6.45, 7) is 1.13. The van der Waals surface area contributed by atoms with E-state index in [1.807, 2.05) is 5.43 Å². The molecule has 0 bridgehead atoms. The van der Waals surface area contributed by atoms with E-state index in [0.29, 0.717) is 4.68 Å². The number of nitrogens with two attached hydrogens (primary N) is 1. The Kier molecular flexibility index (Phi) is 1.54. The minimum Gasteiger partial charge on any atom is -0.478 e. The fraction of sp³-hybridized carbons (Fsp3) is 0.400. The maximum atomic E-state index is 10.4. The van der Waals surface area contributed by atoms with E-state index in [1.165, 1.54) is 0 Å². The van der Waals surface area contributed by atoms with Crippen LogP contribution in [0.3, 0.4) is 0 Å². The number of carbonyl (C=O) groups is 1. The lowest BCUT2D eigenvalue weighted by molar-refractivity contribution is -0.141. The molecule has 0 saturated heterocycles. The van der Waals surface area contributed by atoms with E-state index in [-0.39, 0.29) is 0 Å². The van der Waals surface area contributed by atoms with E-state index >= 15 is 0 Å². The van der Waals surface area contributed by atoms with Crippen LogP contribution in [0.15, 0.2) is 9.59 Å². The maximum absolute atomic E-state index is 10.4. The van der Waals surface area contributed by atoms with Crippen molar-refractivity contribution in [2.45, 2.75) is 12.6 Å². The average molecular weight is 173 g/mol. The van der Waals surface area contributed by atoms with Crippen molar-refractivity contribution in [3.8, 4) is 0 Å². The van der Waals surface area contributed by atoms with Gasteiger partial charge in [-0.05, 0) is 6.92 Å². The molecule has 4 N–H and O–H groups in total. The highest BCUT2D eigenvalue weighted by Gasteiger charge is 2.32. The zero-order valence-corrected chi connectivity index (χ0v) is 6.20. The van der Waals surface area contributed by atoms with Gasteiger partial charge < -0.3 is 5.11 Å². The Hall–Kier alpha value is -1.63. The number of aliphatic carboxylic acids is 1. The van der Waals surface area contributed by atoms with Crippen LogP contribution < -0.4 is 22.3 Å². The number of carboxylic acids is 1. The van der Waals surface area contributed by atoms with Crippen LogP contribution in [0.2, 0.25) is 0 Å². The molecule has 0 radical (unpaired) electrons. The molecule has 1 aromatic rings. The molecular weight excluding hydrogens is 166 g/mol. The van der Waals surface area contributed by atoms with E-state index in [0.717, 1.165) is 6.92 Å². The monoisotopic (exact) mass is 173 g/mol. The van der Waals surface area contributed by atoms with Crippen LogP contribution in [0.1, 0.15) is 6.92 Å². The van der Waals surface area contributed by atoms with Gasteiger partial charge in [-0.25, -0.2) is 4.79 Å². The van der Waals surface area contributed by atoms with Crippen molar-refractivity contribution in [2.24, 2.45) is 5.73 Å². The Balaban J connectivity index is 2.77. The summed E-state index contributed by atoms with van der Waals surface area (Å²) in [5.41, 5.74) is 3.84. The van der Waals surface area contributed by atoms with Crippen LogP contribution in [-0.4, -0.2) is 21.4 Å². The van der Waals surface area contributed by atoms with E-state index < -0.39 is 22.8 Å². The van der Waals surface area contributed by atoms with Crippen LogP contribution in [0.25, 0.3) is 0 Å². The van der Waals surface area contributed by atoms with E-state index in [4.69, 9.17) is 10.8 Å². The first-order valence-corrected chi connectivity index (χ1v) is 3.05. The van der Waals surface area contributed by atoms with Crippen LogP contribution in [0.4, 0.5) is 0 Å². The van der Waals surface area contributed by atoms with Gasteiger partial charge in [0.05, 0.1) is 0 Å². The van der Waals surface area contributed by atoms with Crippen molar-refractivity contribution in [1.82, 2.24) is 4.68 Å². The number of hydrogen-bond acceptors (Lipinski definition) is 5. The minimum atomic E-state index is -1.80. The van der Waals surface area contributed by atoms with Crippen molar-refractivity contribution < 1.29 is 9.90 Å². The summed E-state index contributed by atoms with van der Waals surface area (Å²) in [5.74, 6) is -1.35. The third kappa shape index (κ3) is 1.21. The lowest BCUT2D eigenvalue weighted by atomic mass is 10.2. The Bertz CT molecular complexity index is 358. The summed E-state index contributed by atoms with van der Waals surface area (Å²) in [7, 11) is 0. The van der Waals surface area contributed by atoms with Gasteiger partial charge in [-0.2, -0.15) is 4.68 Å². The van der Waals surface area contributed by atoms with Gasteiger partial charge in [0.1, 0.15) is 0 Å². The Morgan fingerprint density at radius 1 is 1.58 bits per heavy atom. The predicted octanol–water partition coefficient (Wildman–Crippen LogP) is -2.61. The molecule has 0 fully saturated rings. The first kappa shape index (κ1) is 8.47. The molecule has 7 heteroatoms. The van der Waals surface area contributed by atoms with Gasteiger partial charge in [0.15, 0.2) is 5.66 Å². The first-order valence-electron chi connectivity index (χ1n) is 3.05. The molecule has 7 nitrogen and oxygen atoms in total. The number of nitrogens with zero attached hydrogens (tertiary/aromatic N) is 1. The van der Waals surface area contributed by atoms with E-state index in [1.54, 1.807) is 0 Å². The van der Waals surface area contributed by atoms with Gasteiger partial charge in [-0.15, -0.1) is 0 Å². The van der Waals surface area contributed by atoms with Crippen LogP contribution in [0, 0.1) is 0 Å². The average Bonchev–Trinajstić information content (AvgIpc) is 2.44. The van der Waals surface area contributed by atoms with Gasteiger partial charge >= 0.3 is 17.1 Å². The van der Waals surface area contributed by atoms with E-state index in [2.05, 4.69) is 0 Å². The summed E-state index contributed by atoms with van der Waals surface area (Å²) in [5, 5.41) is 8.45. The van der Waals surface area contributed by atoms with Gasteiger partial charge in [0, 0.05) is 0 Å². The van der Waals surface area contributed by atoms with Crippen LogP contribution in [0.5, 0.6) is 0 Å². The van der Waals surface area contributed by atoms with Crippen molar-refractivity contribution in [2.75, 3.05) is 5.43 Å². The highest BCUT2D eigenvalue weighted by molar-refractivity contribution is 5.78. The van der Waals surface area contributed by atoms with Crippen LogP contribution >= 0.6 is 0 Å². The third-order valence-corrected chi connectivity index (χ3v) is 1.33. The standard InChI is InChI=1S/C5H7N3O4/c1-5(6,4(11)12)7-8-2(9)3(8)10/h7H,6H2,1H3,(H,11,12)/t5-/m1/s1. The van der Waals surface area contributed by atoms with Gasteiger partial charge in [0.25, 0.3) is 0 Å². The fourth-order valence-corrected chi connectivity index (χ4v) is 0.517. The molecule has 0 aromatic carbocycles. The number of aromatic nitrogens is 1. The highest BCUT2D eigenvalue weighted by atomic mass is 16.4. The number of nitrogens with one attached hydrogen (secondary N) is 1. The molecule has 0 aliphatic carbocycles. The zero-order valence-electron chi connectivity index (χ0n) is 6.20. The molecule has 12 heavy (non-hydrogen) atoms. The van der Waals surface area contributed by atoms with Crippen molar-refractivity contribution in [1.29, 1.82) is 0 Å². The molecule has 0 saturated carbocycles. The summed E-state index contributed by atoms with van der Waals surface area (Å²) >= 11 is 0. The normalized spacial score (nSPS) is 15.8.